The molecule has 1 fully saturated rings. The van der Waals surface area contributed by atoms with Gasteiger partial charge in [0.2, 0.25) is 0 Å². The van der Waals surface area contributed by atoms with Crippen molar-refractivity contribution < 1.29 is 9.90 Å². The minimum Gasteiger partial charge on any atom is -0.399 e. The maximum atomic E-state index is 12.2. The van der Waals surface area contributed by atoms with Gasteiger partial charge in [0, 0.05) is 25.0 Å². The lowest BCUT2D eigenvalue weighted by Crippen LogP contribution is -2.29. The number of aromatic nitrogens is 2. The molecular formula is C14H16N4O2. The molecule has 3 rings (SSSR count). The highest BCUT2D eigenvalue weighted by molar-refractivity contribution is 5.92. The van der Waals surface area contributed by atoms with Crippen LogP contribution in [0, 0.1) is 0 Å². The number of hydrogen-bond acceptors (Lipinski definition) is 4. The lowest BCUT2D eigenvalue weighted by Gasteiger charge is -2.13. The van der Waals surface area contributed by atoms with Gasteiger partial charge in [0.05, 0.1) is 11.8 Å². The van der Waals surface area contributed by atoms with E-state index in [1.165, 1.54) is 0 Å². The van der Waals surface area contributed by atoms with Gasteiger partial charge in [-0.05, 0) is 36.8 Å². The standard InChI is InChI=1S/C14H16N4O2/c15-10-1-3-11(4-2-10)18-8-6-13(16-18)14(20)17-7-5-12(19)9-17/h1-4,6,8,12,19H,5,7,9,15H2/t12-/m1/s1. The van der Waals surface area contributed by atoms with Crippen LogP contribution in [-0.2, 0) is 0 Å². The van der Waals surface area contributed by atoms with Gasteiger partial charge in [-0.25, -0.2) is 4.68 Å². The van der Waals surface area contributed by atoms with Crippen LogP contribution in [0.4, 0.5) is 5.69 Å². The van der Waals surface area contributed by atoms with E-state index in [1.54, 1.807) is 34.0 Å². The third-order valence-corrected chi connectivity index (χ3v) is 3.42. The Morgan fingerprint density at radius 1 is 1.30 bits per heavy atom. The first-order valence-electron chi connectivity index (χ1n) is 6.52. The Morgan fingerprint density at radius 2 is 2.05 bits per heavy atom. The van der Waals surface area contributed by atoms with E-state index in [0.29, 0.717) is 30.9 Å². The highest BCUT2D eigenvalue weighted by Crippen LogP contribution is 2.14. The molecular weight excluding hydrogens is 256 g/mol. The van der Waals surface area contributed by atoms with Gasteiger partial charge >= 0.3 is 0 Å². The number of amides is 1. The summed E-state index contributed by atoms with van der Waals surface area (Å²) in [6.07, 6.45) is 1.95. The zero-order chi connectivity index (χ0) is 14.1. The number of nitrogens with two attached hydrogens (primary N) is 1. The number of β-amino-alcohol motifs (C(OH)–C–C–N with tert-alkyl or cyclic N) is 1. The van der Waals surface area contributed by atoms with Crippen molar-refractivity contribution in [2.75, 3.05) is 18.8 Å². The number of hydrogen-bond donors (Lipinski definition) is 2. The zero-order valence-corrected chi connectivity index (χ0v) is 10.9. The average Bonchev–Trinajstić information content (AvgIpc) is 3.08. The summed E-state index contributed by atoms with van der Waals surface area (Å²) in [5.41, 5.74) is 7.56. The van der Waals surface area contributed by atoms with E-state index in [1.807, 2.05) is 12.1 Å². The largest absolute Gasteiger partial charge is 0.399 e. The van der Waals surface area contributed by atoms with Crippen molar-refractivity contribution >= 4 is 11.6 Å². The van der Waals surface area contributed by atoms with Crippen molar-refractivity contribution in [1.82, 2.24) is 14.7 Å². The monoisotopic (exact) mass is 272 g/mol. The van der Waals surface area contributed by atoms with Gasteiger partial charge in [0.25, 0.3) is 5.91 Å². The first-order valence-corrected chi connectivity index (χ1v) is 6.52. The fraction of sp³-hybridized carbons (Fsp3) is 0.286. The summed E-state index contributed by atoms with van der Waals surface area (Å²) in [6, 6.07) is 8.94. The molecule has 6 heteroatoms. The van der Waals surface area contributed by atoms with Gasteiger partial charge in [-0.3, -0.25) is 4.79 Å². The molecule has 1 aliphatic heterocycles. The lowest BCUT2D eigenvalue weighted by molar-refractivity contribution is 0.0759. The van der Waals surface area contributed by atoms with Crippen molar-refractivity contribution in [3.63, 3.8) is 0 Å². The predicted molar refractivity (Wildman–Crippen MR) is 74.5 cm³/mol. The van der Waals surface area contributed by atoms with Crippen LogP contribution in [0.3, 0.4) is 0 Å². The number of carbonyl (C=O) groups is 1. The van der Waals surface area contributed by atoms with Gasteiger partial charge in [-0.2, -0.15) is 5.10 Å². The van der Waals surface area contributed by atoms with Crippen LogP contribution >= 0.6 is 0 Å². The second kappa shape index (κ2) is 4.97. The zero-order valence-electron chi connectivity index (χ0n) is 10.9. The summed E-state index contributed by atoms with van der Waals surface area (Å²) in [7, 11) is 0. The third-order valence-electron chi connectivity index (χ3n) is 3.42. The Hall–Kier alpha value is -2.34. The molecule has 6 nitrogen and oxygen atoms in total. The van der Waals surface area contributed by atoms with E-state index in [9.17, 15) is 9.90 Å². The lowest BCUT2D eigenvalue weighted by atomic mass is 10.3. The van der Waals surface area contributed by atoms with Crippen LogP contribution in [0.5, 0.6) is 0 Å². The van der Waals surface area contributed by atoms with Crippen LogP contribution in [0.2, 0.25) is 0 Å². The van der Waals surface area contributed by atoms with Gasteiger partial charge < -0.3 is 15.7 Å². The number of rotatable bonds is 2. The first kappa shape index (κ1) is 12.7. The topological polar surface area (TPSA) is 84.4 Å². The summed E-state index contributed by atoms with van der Waals surface area (Å²) >= 11 is 0. The van der Waals surface area contributed by atoms with E-state index >= 15 is 0 Å². The number of aliphatic hydroxyl groups is 1. The first-order chi connectivity index (χ1) is 9.63. The van der Waals surface area contributed by atoms with Crippen molar-refractivity contribution in [3.8, 4) is 5.69 Å². The van der Waals surface area contributed by atoms with Crippen molar-refractivity contribution in [2.24, 2.45) is 0 Å². The van der Waals surface area contributed by atoms with E-state index < -0.39 is 6.10 Å². The Labute approximate surface area is 116 Å². The molecule has 1 aromatic heterocycles. The van der Waals surface area contributed by atoms with Crippen LogP contribution in [-0.4, -0.2) is 44.9 Å². The van der Waals surface area contributed by atoms with Gasteiger partial charge in [0.15, 0.2) is 5.69 Å². The fourth-order valence-electron chi connectivity index (χ4n) is 2.30. The Bertz CT molecular complexity index is 620. The third kappa shape index (κ3) is 2.37. The molecule has 20 heavy (non-hydrogen) atoms. The molecule has 1 aliphatic rings. The number of anilines is 1. The molecule has 2 heterocycles. The highest BCUT2D eigenvalue weighted by atomic mass is 16.3. The number of likely N-dealkylation sites (tertiary alicyclic amines) is 1. The van der Waals surface area contributed by atoms with E-state index in [4.69, 9.17) is 5.73 Å². The smallest absolute Gasteiger partial charge is 0.274 e. The molecule has 0 radical (unpaired) electrons. The molecule has 0 spiro atoms. The quantitative estimate of drug-likeness (QED) is 0.787. The van der Waals surface area contributed by atoms with Crippen molar-refractivity contribution in [3.05, 3.63) is 42.2 Å². The number of benzene rings is 1. The van der Waals surface area contributed by atoms with Gasteiger partial charge in [-0.15, -0.1) is 0 Å². The van der Waals surface area contributed by atoms with E-state index in [-0.39, 0.29) is 5.91 Å². The summed E-state index contributed by atoms with van der Waals surface area (Å²) in [5.74, 6) is -0.143. The number of nitrogens with zero attached hydrogens (tertiary/aromatic N) is 3. The summed E-state index contributed by atoms with van der Waals surface area (Å²) in [5, 5.41) is 13.8. The van der Waals surface area contributed by atoms with Gasteiger partial charge in [0.1, 0.15) is 0 Å². The summed E-state index contributed by atoms with van der Waals surface area (Å²) < 4.78 is 1.64. The van der Waals surface area contributed by atoms with Crippen LogP contribution in [0.15, 0.2) is 36.5 Å². The van der Waals surface area contributed by atoms with Crippen LogP contribution in [0.25, 0.3) is 5.69 Å². The molecule has 1 aromatic carbocycles. The summed E-state index contributed by atoms with van der Waals surface area (Å²) in [4.78, 5) is 13.8. The minimum absolute atomic E-state index is 0.143. The maximum Gasteiger partial charge on any atom is 0.274 e. The second-order valence-corrected chi connectivity index (χ2v) is 4.93. The molecule has 0 unspecified atom stereocenters. The molecule has 0 saturated carbocycles. The SMILES string of the molecule is Nc1ccc(-n2ccc(C(=O)N3CC[C@@H](O)C3)n2)cc1. The van der Waals surface area contributed by atoms with Crippen molar-refractivity contribution in [1.29, 1.82) is 0 Å². The molecule has 1 atom stereocenters. The van der Waals surface area contributed by atoms with E-state index in [2.05, 4.69) is 5.10 Å². The molecule has 1 saturated heterocycles. The number of nitrogen functional groups attached to an aromatic ring is 1. The Balaban J connectivity index is 1.79. The second-order valence-electron chi connectivity index (χ2n) is 4.93. The molecule has 0 bridgehead atoms. The van der Waals surface area contributed by atoms with E-state index in [0.717, 1.165) is 5.69 Å². The normalized spacial score (nSPS) is 18.4. The minimum atomic E-state index is -0.418. The van der Waals surface area contributed by atoms with Crippen LogP contribution in [0.1, 0.15) is 16.9 Å². The number of carbonyl (C=O) groups excluding carboxylic acids is 1. The van der Waals surface area contributed by atoms with Gasteiger partial charge in [-0.1, -0.05) is 0 Å². The Kier molecular flexibility index (Phi) is 3.15. The maximum absolute atomic E-state index is 12.2. The summed E-state index contributed by atoms with van der Waals surface area (Å²) in [6.45, 7) is 0.961. The molecule has 0 aliphatic carbocycles. The highest BCUT2D eigenvalue weighted by Gasteiger charge is 2.26. The van der Waals surface area contributed by atoms with Crippen LogP contribution < -0.4 is 5.73 Å². The van der Waals surface area contributed by atoms with Crippen molar-refractivity contribution in [2.45, 2.75) is 12.5 Å². The average molecular weight is 272 g/mol. The number of aliphatic hydroxyl groups excluding tert-OH is 1. The molecule has 2 aromatic rings. The molecule has 3 N–H and O–H groups in total. The molecule has 1 amide bonds. The fourth-order valence-corrected chi connectivity index (χ4v) is 2.30. The Morgan fingerprint density at radius 3 is 2.70 bits per heavy atom. The predicted octanol–water partition coefficient (Wildman–Crippen LogP) is 0.661. The molecule has 104 valence electrons.